The molecule has 2 aromatic heterocycles. The van der Waals surface area contributed by atoms with Crippen LogP contribution in [-0.2, 0) is 85.7 Å². The number of aliphatic carboxylic acids is 1. The van der Waals surface area contributed by atoms with E-state index < -0.39 is 96.2 Å². The number of nitrogens with two attached hydrogens (primary N) is 4. The number of rotatable bonds is 31. The van der Waals surface area contributed by atoms with Gasteiger partial charge in [0.1, 0.15) is 30.2 Å². The van der Waals surface area contributed by atoms with Gasteiger partial charge in [0.2, 0.25) is 41.4 Å². The van der Waals surface area contributed by atoms with Gasteiger partial charge in [0.25, 0.3) is 0 Å². The summed E-state index contributed by atoms with van der Waals surface area (Å²) in [4.78, 5) is 149. The van der Waals surface area contributed by atoms with E-state index in [0.717, 1.165) is 29.3 Å². The molecule has 0 saturated carbocycles. The number of carboxylic acid groups (broad SMARTS) is 1. The van der Waals surface area contributed by atoms with Gasteiger partial charge in [-0.3, -0.25) is 63.6 Å². The molecule has 1 aromatic carbocycles. The molecule has 1 aliphatic rings. The number of hydrogen-bond acceptors (Lipinski definition) is 19. The summed E-state index contributed by atoms with van der Waals surface area (Å²) in [5.74, 6) is -0.0991. The quantitative estimate of drug-likeness (QED) is 0.00832. The van der Waals surface area contributed by atoms with Gasteiger partial charge in [-0.25, -0.2) is 10.4 Å². The van der Waals surface area contributed by atoms with Crippen molar-refractivity contribution >= 4 is 119 Å². The maximum Gasteiger partial charge on any atom is 0.303 e. The molecule has 0 aliphatic carbocycles. The van der Waals surface area contributed by atoms with Gasteiger partial charge in [-0.1, -0.05) is 45.9 Å². The number of fused-ring (bicyclic) bond motifs is 1. The van der Waals surface area contributed by atoms with Crippen LogP contribution in [0.15, 0.2) is 48.0 Å². The number of aliphatic imine (C=N–C) groups is 1. The minimum atomic E-state index is -1.31. The van der Waals surface area contributed by atoms with Crippen LogP contribution in [0.2, 0.25) is 0 Å². The number of ketones is 3. The molecule has 29 nitrogen and oxygen atoms in total. The molecule has 0 spiro atoms. The number of imidazole rings is 1. The zero-order valence-corrected chi connectivity index (χ0v) is 54.9. The predicted molar refractivity (Wildman–Crippen MR) is 336 cm³/mol. The van der Waals surface area contributed by atoms with E-state index in [9.17, 15) is 52.7 Å². The van der Waals surface area contributed by atoms with Crippen LogP contribution in [0.1, 0.15) is 105 Å². The molecule has 33 heteroatoms. The number of aromatic amines is 2. The summed E-state index contributed by atoms with van der Waals surface area (Å²) in [6, 6.07) is 0.112. The van der Waals surface area contributed by atoms with Gasteiger partial charge in [0, 0.05) is 106 Å². The number of hydrogen-bond donors (Lipinski definition) is 17. The molecule has 87 heavy (non-hydrogen) atoms. The maximum absolute atomic E-state index is 12.9. The predicted octanol–water partition coefficient (Wildman–Crippen LogP) is -1.94. The number of H-pyrrole nitrogens is 2. The number of guanidine groups is 1. The fraction of sp³-hybridized carbons (Fsp3) is 0.574. The summed E-state index contributed by atoms with van der Waals surface area (Å²) < 4.78 is 0. The average molecular weight is 1370 g/mol. The molecule has 1 fully saturated rings. The van der Waals surface area contributed by atoms with Gasteiger partial charge in [-0.15, -0.1) is 0 Å². The summed E-state index contributed by atoms with van der Waals surface area (Å²) in [6.07, 6.45) is 7.00. The zero-order valence-electron chi connectivity index (χ0n) is 50.3. The number of hydrazine groups is 1. The molecule has 9 atom stereocenters. The Morgan fingerprint density at radius 2 is 1.24 bits per heavy atom. The number of aromatic nitrogens is 3. The smallest absolute Gasteiger partial charge is 0.303 e. The molecule has 4 rings (SSSR count). The van der Waals surface area contributed by atoms with Crippen LogP contribution in [0, 0.1) is 5.92 Å². The Labute approximate surface area is 536 Å². The van der Waals surface area contributed by atoms with Crippen molar-refractivity contribution in [3.63, 3.8) is 0 Å². The Kier molecular flexibility index (Phi) is 41.8. The van der Waals surface area contributed by atoms with Crippen LogP contribution >= 0.6 is 37.9 Å². The van der Waals surface area contributed by atoms with Gasteiger partial charge < -0.3 is 74.6 Å². The second-order valence-corrected chi connectivity index (χ2v) is 20.9. The Morgan fingerprint density at radius 1 is 0.736 bits per heavy atom. The van der Waals surface area contributed by atoms with Crippen LogP contribution in [0.4, 0.5) is 0 Å². The van der Waals surface area contributed by atoms with E-state index in [-0.39, 0.29) is 96.9 Å². The molecule has 7 amide bonds. The summed E-state index contributed by atoms with van der Waals surface area (Å²) >= 11 is 12.2. The first kappa shape index (κ1) is 82.6. The minimum Gasteiger partial charge on any atom is -0.481 e. The Morgan fingerprint density at radius 3 is 1.71 bits per heavy atom. The molecule has 0 unspecified atom stereocenters. The van der Waals surface area contributed by atoms with Crippen molar-refractivity contribution in [2.24, 2.45) is 34.0 Å². The van der Waals surface area contributed by atoms with Crippen molar-refractivity contribution in [2.45, 2.75) is 161 Å². The third-order valence-corrected chi connectivity index (χ3v) is 14.0. The van der Waals surface area contributed by atoms with Crippen molar-refractivity contribution in [1.82, 2.24) is 57.2 Å². The number of carboxylic acids is 1. The number of nitrogens with zero attached hydrogens (tertiary/aromatic N) is 3. The number of amides is 7. The molecule has 3 aromatic rings. The second kappa shape index (κ2) is 44.1. The van der Waals surface area contributed by atoms with Crippen molar-refractivity contribution in [2.75, 3.05) is 30.3 Å². The summed E-state index contributed by atoms with van der Waals surface area (Å²) in [7, 11) is 0. The third kappa shape index (κ3) is 29.9. The van der Waals surface area contributed by atoms with Crippen molar-refractivity contribution in [1.29, 1.82) is 0 Å². The summed E-state index contributed by atoms with van der Waals surface area (Å²) in [6.45, 7) is 14.3. The first-order valence-corrected chi connectivity index (χ1v) is 29.5. The number of Topliss-reactive ketones (excluding diaryl/α,β-unsaturated/α-hetero) is 3. The molecule has 0 bridgehead atoms. The molecule has 489 valence electrons. The van der Waals surface area contributed by atoms with E-state index in [2.05, 4.69) is 95.2 Å². The van der Waals surface area contributed by atoms with Crippen LogP contribution < -0.4 is 60.4 Å². The van der Waals surface area contributed by atoms with Crippen LogP contribution in [0.5, 0.6) is 0 Å². The van der Waals surface area contributed by atoms with Crippen LogP contribution in [0.25, 0.3) is 10.9 Å². The van der Waals surface area contributed by atoms with Crippen LogP contribution in [0.3, 0.4) is 0 Å². The van der Waals surface area contributed by atoms with Gasteiger partial charge in [0.15, 0.2) is 23.3 Å². The number of carbonyl (C=O) groups is 11. The third-order valence-electron chi connectivity index (χ3n) is 12.9. The number of carbonyl (C=O) groups excluding carboxylic acids is 10. The fourth-order valence-corrected chi connectivity index (χ4v) is 9.06. The fourth-order valence-electron chi connectivity index (χ4n) is 8.29. The number of para-hydroxylation sites is 1. The number of nitrogens with one attached hydrogen (secondary N) is 9. The molecule has 1 radical (unpaired) electrons. The molecule has 1 aliphatic heterocycles. The topological polar surface area (TPSA) is 488 Å². The summed E-state index contributed by atoms with van der Waals surface area (Å²) in [5, 5.41) is 25.1. The van der Waals surface area contributed by atoms with Gasteiger partial charge in [0.05, 0.1) is 30.5 Å². The average Bonchev–Trinajstić information content (AvgIpc) is 2.26. The first-order valence-electron chi connectivity index (χ1n) is 27.6. The largest absolute Gasteiger partial charge is 0.481 e. The van der Waals surface area contributed by atoms with E-state index in [0.29, 0.717) is 38.0 Å². The van der Waals surface area contributed by atoms with E-state index in [1.54, 1.807) is 4.90 Å². The van der Waals surface area contributed by atoms with Gasteiger partial charge in [-0.05, 0) is 70.4 Å². The molecular formula is C54H90N16O13S3Tc. The number of thiol groups is 3. The molecule has 20 N–H and O–H groups in total. The van der Waals surface area contributed by atoms with Crippen molar-refractivity contribution in [3.8, 4) is 0 Å². The second-order valence-electron chi connectivity index (χ2n) is 19.8. The van der Waals surface area contributed by atoms with Gasteiger partial charge >= 0.3 is 5.97 Å². The Hall–Kier alpha value is -6.45. The summed E-state index contributed by atoms with van der Waals surface area (Å²) in [5.41, 5.74) is 21.4. The Bertz CT molecular complexity index is 2700. The molecule has 1 saturated heterocycles. The SMILES string of the molecule is CC.CC(=O)N[C@@H](CS)C(=O)N[C@@H](CS)C(=O)N[C@@H](CCC(=O)O)C(=O)N[C@@H](Cc1cnc[nH]1)C(C)=O.CC(=O)[C@@H]1CCCN1C(=O)[C@@H](NN)C(C)C.CC(=O)[C@H](Cc1c[nH]c2ccccc12)NC(=O)[C@H](CS)NC(=O)[C@@H](N)CCCN=C(N)N.O.[99Tc]. The minimum absolute atomic E-state index is 0. The van der Waals surface area contributed by atoms with Gasteiger partial charge in [-0.2, -0.15) is 37.9 Å². The van der Waals surface area contributed by atoms with E-state index >= 15 is 0 Å². The normalized spacial score (nSPS) is 14.9. The molecular weight excluding hydrogens is 1280 g/mol. The zero-order chi connectivity index (χ0) is 64.5. The van der Waals surface area contributed by atoms with Crippen LogP contribution in [-0.4, -0.2) is 186 Å². The standard InChI is InChI=1S/C21H31N7O3S.C20H30N6O7S2.C11H21N3O2.C2H6.H2O.Tc/c1-12(29)17(9-13-10-26-16-7-3-2-5-14(13)16)27-20(31)18(11-32)28-19(30)15(22)6-4-8-25-21(23)24;1-10(27)14(5-12-6-21-9-22-12)25-18(31)13(3-4-17(29)30)24-20(33)16(8-35)26-19(32)15(7-34)23-11(2)28;1-7(2)10(13-12)11(16)14-6-4-5-9(14)8(3)15;1-2;;/h2-3,5,7,10,15,17-18,26,32H,4,6,8-9,11,22H2,1H3,(H,27,31)(H,28,30)(H4,23,24,25);6,9,13-16,34-35H,3-5,7-8H2,1-2H3,(H,21,22)(H,23,28)(H,24,33)(H,25,31)(H,26,32)(H,29,30);7,9-10,13H,4-6,12H2,1-3H3;1-2H3;1H2;/t15-,17-,18-;13-,14-,15-,16-;9-,10-;;;/m000.../s1/i;;;;;1+1. The number of benzene rings is 1. The van der Waals surface area contributed by atoms with Crippen molar-refractivity contribution < 1.29 is 83.4 Å². The van der Waals surface area contributed by atoms with E-state index in [1.807, 2.05) is 58.2 Å². The monoisotopic (exact) mass is 1370 g/mol. The molecule has 3 heterocycles. The Balaban J connectivity index is 0. The van der Waals surface area contributed by atoms with E-state index in [4.69, 9.17) is 28.2 Å². The first-order chi connectivity index (χ1) is 40.2. The van der Waals surface area contributed by atoms with E-state index in [1.165, 1.54) is 40.2 Å². The van der Waals surface area contributed by atoms with Crippen molar-refractivity contribution in [3.05, 3.63) is 54.2 Å². The maximum atomic E-state index is 12.9. The number of likely N-dealkylation sites (tertiary alicyclic amines) is 1.